The van der Waals surface area contributed by atoms with Crippen LogP contribution < -0.4 is 5.73 Å². The smallest absolute Gasteiger partial charge is 0.398 e. The number of nitrogen functional groups attached to an aromatic ring is 1. The minimum Gasteiger partial charge on any atom is -0.398 e. The third-order valence-electron chi connectivity index (χ3n) is 3.45. The number of hydrogen-bond acceptors (Lipinski definition) is 3. The van der Waals surface area contributed by atoms with Crippen molar-refractivity contribution in [2.45, 2.75) is 38.4 Å². The van der Waals surface area contributed by atoms with Gasteiger partial charge in [0.25, 0.3) is 0 Å². The molecule has 1 unspecified atom stereocenters. The van der Waals surface area contributed by atoms with Gasteiger partial charge in [0.2, 0.25) is 0 Å². The van der Waals surface area contributed by atoms with Crippen molar-refractivity contribution in [2.75, 3.05) is 5.73 Å². The number of benzene rings is 1. The SMILES string of the molecule is CC1=NC(C)(C)C(=O)C1c1ccc(N)c(C(F)(F)F)c1. The predicted octanol–water partition coefficient (Wildman–Crippen LogP) is 3.19. The second kappa shape index (κ2) is 4.33. The van der Waals surface area contributed by atoms with Crippen LogP contribution in [-0.2, 0) is 11.0 Å². The van der Waals surface area contributed by atoms with Gasteiger partial charge in [-0.25, -0.2) is 0 Å². The number of hydrogen-bond donors (Lipinski definition) is 1. The van der Waals surface area contributed by atoms with E-state index < -0.39 is 23.2 Å². The summed E-state index contributed by atoms with van der Waals surface area (Å²) >= 11 is 0. The van der Waals surface area contributed by atoms with Crippen molar-refractivity contribution in [1.82, 2.24) is 0 Å². The molecule has 1 aromatic carbocycles. The number of rotatable bonds is 1. The standard InChI is InChI=1S/C14H15F3N2O/c1-7-11(12(20)13(2,3)19-7)8-4-5-10(18)9(6-8)14(15,16)17/h4-6,11H,18H2,1-3H3. The van der Waals surface area contributed by atoms with Crippen LogP contribution in [0.1, 0.15) is 37.8 Å². The molecule has 1 heterocycles. The number of Topliss-reactive ketones (excluding diaryl/α,β-unsaturated/α-hetero) is 1. The maximum absolute atomic E-state index is 12.9. The van der Waals surface area contributed by atoms with Crippen molar-refractivity contribution in [3.8, 4) is 0 Å². The monoisotopic (exact) mass is 284 g/mol. The molecule has 0 spiro atoms. The van der Waals surface area contributed by atoms with Gasteiger partial charge in [-0.15, -0.1) is 0 Å². The van der Waals surface area contributed by atoms with Crippen LogP contribution in [0.25, 0.3) is 0 Å². The van der Waals surface area contributed by atoms with Gasteiger partial charge in [-0.1, -0.05) is 6.07 Å². The molecule has 0 amide bonds. The zero-order valence-electron chi connectivity index (χ0n) is 11.4. The van der Waals surface area contributed by atoms with E-state index in [0.717, 1.165) is 6.07 Å². The van der Waals surface area contributed by atoms with E-state index in [4.69, 9.17) is 5.73 Å². The molecule has 1 aromatic rings. The first kappa shape index (κ1) is 14.6. The van der Waals surface area contributed by atoms with Gasteiger partial charge in [0, 0.05) is 11.4 Å². The van der Waals surface area contributed by atoms with Crippen molar-refractivity contribution < 1.29 is 18.0 Å². The summed E-state index contributed by atoms with van der Waals surface area (Å²) in [6, 6.07) is 3.58. The first-order valence-electron chi connectivity index (χ1n) is 6.11. The zero-order chi connectivity index (χ0) is 15.3. The zero-order valence-corrected chi connectivity index (χ0v) is 11.4. The highest BCUT2D eigenvalue weighted by atomic mass is 19.4. The van der Waals surface area contributed by atoms with Crippen LogP contribution in [0.5, 0.6) is 0 Å². The average molecular weight is 284 g/mol. The van der Waals surface area contributed by atoms with Crippen molar-refractivity contribution in [1.29, 1.82) is 0 Å². The van der Waals surface area contributed by atoms with Crippen LogP contribution in [0.15, 0.2) is 23.2 Å². The number of halogens is 3. The van der Waals surface area contributed by atoms with Gasteiger partial charge in [0.15, 0.2) is 5.78 Å². The molecule has 0 saturated carbocycles. The van der Waals surface area contributed by atoms with Crippen LogP contribution in [0.4, 0.5) is 18.9 Å². The van der Waals surface area contributed by atoms with Gasteiger partial charge >= 0.3 is 6.18 Å². The Bertz CT molecular complexity index is 603. The summed E-state index contributed by atoms with van der Waals surface area (Å²) < 4.78 is 38.6. The quantitative estimate of drug-likeness (QED) is 0.805. The lowest BCUT2D eigenvalue weighted by molar-refractivity contribution is -0.137. The van der Waals surface area contributed by atoms with Crippen molar-refractivity contribution in [3.63, 3.8) is 0 Å². The molecule has 1 aliphatic heterocycles. The highest BCUT2D eigenvalue weighted by Crippen LogP contribution is 2.38. The number of nitrogens with zero attached hydrogens (tertiary/aromatic N) is 1. The van der Waals surface area contributed by atoms with Crippen molar-refractivity contribution >= 4 is 17.2 Å². The molecule has 1 atom stereocenters. The molecule has 6 heteroatoms. The predicted molar refractivity (Wildman–Crippen MR) is 70.8 cm³/mol. The molecule has 108 valence electrons. The maximum Gasteiger partial charge on any atom is 0.418 e. The van der Waals surface area contributed by atoms with E-state index in [2.05, 4.69) is 4.99 Å². The van der Waals surface area contributed by atoms with E-state index in [-0.39, 0.29) is 17.0 Å². The first-order valence-corrected chi connectivity index (χ1v) is 6.11. The van der Waals surface area contributed by atoms with Gasteiger partial charge in [-0.05, 0) is 38.5 Å². The lowest BCUT2D eigenvalue weighted by atomic mass is 9.85. The molecule has 0 fully saturated rings. The first-order chi connectivity index (χ1) is 9.04. The molecular weight excluding hydrogens is 269 g/mol. The fourth-order valence-electron chi connectivity index (χ4n) is 2.50. The molecule has 0 aliphatic carbocycles. The van der Waals surface area contributed by atoms with Crippen LogP contribution >= 0.6 is 0 Å². The number of nitrogens with two attached hydrogens (primary N) is 1. The molecule has 2 rings (SSSR count). The normalized spacial score (nSPS) is 22.0. The van der Waals surface area contributed by atoms with Gasteiger partial charge in [-0.3, -0.25) is 9.79 Å². The number of anilines is 1. The van der Waals surface area contributed by atoms with Gasteiger partial charge in [0.05, 0.1) is 11.5 Å². The van der Waals surface area contributed by atoms with E-state index in [9.17, 15) is 18.0 Å². The second-order valence-corrected chi connectivity index (χ2v) is 5.45. The molecule has 0 bridgehead atoms. The Kier molecular flexibility index (Phi) is 3.15. The minimum atomic E-state index is -4.54. The molecule has 1 aliphatic rings. The fourth-order valence-corrected chi connectivity index (χ4v) is 2.50. The molecule has 3 nitrogen and oxygen atoms in total. The Hall–Kier alpha value is -1.85. The van der Waals surface area contributed by atoms with Gasteiger partial charge < -0.3 is 5.73 Å². The van der Waals surface area contributed by atoms with E-state index in [1.54, 1.807) is 20.8 Å². The minimum absolute atomic E-state index is 0.201. The molecular formula is C14H15F3N2O. The summed E-state index contributed by atoms with van der Waals surface area (Å²) in [7, 11) is 0. The van der Waals surface area contributed by atoms with Gasteiger partial charge in [-0.2, -0.15) is 13.2 Å². The Balaban J connectivity index is 2.51. The number of aliphatic imine (C=N–C) groups is 1. The van der Waals surface area contributed by atoms with Crippen LogP contribution in [0.2, 0.25) is 0 Å². The number of carbonyl (C=O) groups excluding carboxylic acids is 1. The molecule has 20 heavy (non-hydrogen) atoms. The third kappa shape index (κ3) is 2.30. The summed E-state index contributed by atoms with van der Waals surface area (Å²) in [6.07, 6.45) is -4.54. The third-order valence-corrected chi connectivity index (χ3v) is 3.45. The summed E-state index contributed by atoms with van der Waals surface area (Å²) in [4.78, 5) is 16.5. The molecule has 0 aromatic heterocycles. The maximum atomic E-state index is 12.9. The van der Waals surface area contributed by atoms with Crippen molar-refractivity contribution in [2.24, 2.45) is 4.99 Å². The summed E-state index contributed by atoms with van der Waals surface area (Å²) in [5.74, 6) is -0.931. The van der Waals surface area contributed by atoms with Crippen LogP contribution in [-0.4, -0.2) is 17.0 Å². The van der Waals surface area contributed by atoms with E-state index >= 15 is 0 Å². The fraction of sp³-hybridized carbons (Fsp3) is 0.429. The Morgan fingerprint density at radius 2 is 1.90 bits per heavy atom. The number of ketones is 1. The average Bonchev–Trinajstić information content (AvgIpc) is 2.48. The lowest BCUT2D eigenvalue weighted by Crippen LogP contribution is -2.29. The Morgan fingerprint density at radius 3 is 2.35 bits per heavy atom. The number of carbonyl (C=O) groups is 1. The largest absolute Gasteiger partial charge is 0.418 e. The van der Waals surface area contributed by atoms with Crippen LogP contribution in [0, 0.1) is 0 Å². The van der Waals surface area contributed by atoms with E-state index in [0.29, 0.717) is 5.71 Å². The topological polar surface area (TPSA) is 55.5 Å². The van der Waals surface area contributed by atoms with Crippen molar-refractivity contribution in [3.05, 3.63) is 29.3 Å². The Morgan fingerprint density at radius 1 is 1.30 bits per heavy atom. The van der Waals surface area contributed by atoms with Gasteiger partial charge in [0.1, 0.15) is 5.54 Å². The van der Waals surface area contributed by atoms with E-state index in [1.807, 2.05) is 0 Å². The number of alkyl halides is 3. The summed E-state index contributed by atoms with van der Waals surface area (Å²) in [6.45, 7) is 4.96. The highest BCUT2D eigenvalue weighted by molar-refractivity contribution is 6.17. The highest BCUT2D eigenvalue weighted by Gasteiger charge is 2.43. The molecule has 2 N–H and O–H groups in total. The van der Waals surface area contributed by atoms with E-state index in [1.165, 1.54) is 12.1 Å². The Labute approximate surface area is 114 Å². The van der Waals surface area contributed by atoms with Crippen LogP contribution in [0.3, 0.4) is 0 Å². The lowest BCUT2D eigenvalue weighted by Gasteiger charge is -2.17. The molecule has 0 saturated heterocycles. The second-order valence-electron chi connectivity index (χ2n) is 5.45. The summed E-state index contributed by atoms with van der Waals surface area (Å²) in [5, 5.41) is 0. The molecule has 0 radical (unpaired) electrons. The summed E-state index contributed by atoms with van der Waals surface area (Å²) in [5.41, 5.74) is 4.01.